The minimum atomic E-state index is 0.287. The predicted molar refractivity (Wildman–Crippen MR) is 51.9 cm³/mol. The van der Waals surface area contributed by atoms with Gasteiger partial charge < -0.3 is 4.90 Å². The number of hydrazine groups is 1. The molecule has 0 saturated carbocycles. The van der Waals surface area contributed by atoms with Gasteiger partial charge in [0.05, 0.1) is 0 Å². The van der Waals surface area contributed by atoms with E-state index in [1.54, 1.807) is 5.01 Å². The third-order valence-corrected chi connectivity index (χ3v) is 2.41. The summed E-state index contributed by atoms with van der Waals surface area (Å²) >= 11 is 0. The molecule has 0 unspecified atom stereocenters. The van der Waals surface area contributed by atoms with Crippen LogP contribution in [0.1, 0.15) is 26.2 Å². The average Bonchev–Trinajstić information content (AvgIpc) is 2.15. The highest BCUT2D eigenvalue weighted by Crippen LogP contribution is 2.03. The molecule has 4 heteroatoms. The van der Waals surface area contributed by atoms with Gasteiger partial charge in [0, 0.05) is 32.6 Å². The summed E-state index contributed by atoms with van der Waals surface area (Å²) in [6, 6.07) is 0. The van der Waals surface area contributed by atoms with E-state index in [-0.39, 0.29) is 5.91 Å². The van der Waals surface area contributed by atoms with Crippen LogP contribution in [0.2, 0.25) is 0 Å². The molecule has 0 atom stereocenters. The maximum Gasteiger partial charge on any atom is 0.222 e. The molecule has 0 aromatic carbocycles. The van der Waals surface area contributed by atoms with E-state index >= 15 is 0 Å². The Morgan fingerprint density at radius 3 is 2.46 bits per heavy atom. The Morgan fingerprint density at radius 1 is 1.31 bits per heavy atom. The smallest absolute Gasteiger partial charge is 0.222 e. The molecule has 1 saturated heterocycles. The zero-order valence-electron chi connectivity index (χ0n) is 8.33. The van der Waals surface area contributed by atoms with Gasteiger partial charge in [-0.25, -0.2) is 5.01 Å². The molecule has 2 N–H and O–H groups in total. The Hall–Kier alpha value is -0.610. The molecule has 13 heavy (non-hydrogen) atoms. The van der Waals surface area contributed by atoms with Gasteiger partial charge in [0.2, 0.25) is 5.91 Å². The minimum absolute atomic E-state index is 0.287. The Bertz CT molecular complexity index is 164. The number of nitrogens with zero attached hydrogens (tertiary/aromatic N) is 2. The molecule has 0 aromatic rings. The average molecular weight is 185 g/mol. The van der Waals surface area contributed by atoms with Crippen molar-refractivity contribution in [1.29, 1.82) is 0 Å². The van der Waals surface area contributed by atoms with Crippen LogP contribution in [0.4, 0.5) is 0 Å². The van der Waals surface area contributed by atoms with E-state index < -0.39 is 0 Å². The molecule has 1 rings (SSSR count). The summed E-state index contributed by atoms with van der Waals surface area (Å²) < 4.78 is 0. The van der Waals surface area contributed by atoms with Crippen molar-refractivity contribution >= 4 is 5.91 Å². The molecule has 1 heterocycles. The lowest BCUT2D eigenvalue weighted by atomic mass is 10.2. The van der Waals surface area contributed by atoms with Gasteiger partial charge in [0.25, 0.3) is 0 Å². The molecule has 1 aliphatic rings. The normalized spacial score (nSPS) is 19.1. The number of nitrogens with two attached hydrogens (primary N) is 1. The van der Waals surface area contributed by atoms with E-state index in [1.807, 2.05) is 4.90 Å². The highest BCUT2D eigenvalue weighted by Gasteiger charge is 2.18. The van der Waals surface area contributed by atoms with Crippen LogP contribution in [0.3, 0.4) is 0 Å². The number of unbranched alkanes of at least 4 members (excludes halogenated alkanes) is 1. The van der Waals surface area contributed by atoms with Crippen LogP contribution in [0.25, 0.3) is 0 Å². The van der Waals surface area contributed by atoms with Gasteiger partial charge in [-0.1, -0.05) is 13.3 Å². The first kappa shape index (κ1) is 10.5. The van der Waals surface area contributed by atoms with Crippen LogP contribution in [-0.2, 0) is 4.79 Å². The topological polar surface area (TPSA) is 49.6 Å². The second-order valence-electron chi connectivity index (χ2n) is 3.52. The lowest BCUT2D eigenvalue weighted by Crippen LogP contribution is -2.51. The number of piperazine rings is 1. The van der Waals surface area contributed by atoms with Crippen molar-refractivity contribution in [1.82, 2.24) is 9.91 Å². The maximum absolute atomic E-state index is 11.5. The predicted octanol–water partition coefficient (Wildman–Crippen LogP) is 0.194. The highest BCUT2D eigenvalue weighted by molar-refractivity contribution is 5.76. The van der Waals surface area contributed by atoms with Crippen molar-refractivity contribution in [3.63, 3.8) is 0 Å². The van der Waals surface area contributed by atoms with E-state index in [2.05, 4.69) is 6.92 Å². The number of hydrogen-bond acceptors (Lipinski definition) is 3. The van der Waals surface area contributed by atoms with E-state index in [0.29, 0.717) is 6.42 Å². The van der Waals surface area contributed by atoms with Gasteiger partial charge in [0.15, 0.2) is 0 Å². The summed E-state index contributed by atoms with van der Waals surface area (Å²) in [7, 11) is 0. The van der Waals surface area contributed by atoms with Crippen LogP contribution in [0, 0.1) is 0 Å². The number of hydrogen-bond donors (Lipinski definition) is 1. The highest BCUT2D eigenvalue weighted by atomic mass is 16.2. The van der Waals surface area contributed by atoms with Gasteiger partial charge >= 0.3 is 0 Å². The second-order valence-corrected chi connectivity index (χ2v) is 3.52. The summed E-state index contributed by atoms with van der Waals surface area (Å²) in [6.07, 6.45) is 2.78. The van der Waals surface area contributed by atoms with Gasteiger partial charge in [0.1, 0.15) is 0 Å². The van der Waals surface area contributed by atoms with Crippen molar-refractivity contribution in [2.75, 3.05) is 26.2 Å². The lowest BCUT2D eigenvalue weighted by molar-refractivity contribution is -0.133. The first-order valence-corrected chi connectivity index (χ1v) is 5.01. The Labute approximate surface area is 79.6 Å². The van der Waals surface area contributed by atoms with Gasteiger partial charge in [-0.2, -0.15) is 0 Å². The van der Waals surface area contributed by atoms with Gasteiger partial charge in [-0.3, -0.25) is 10.6 Å². The molecule has 0 radical (unpaired) electrons. The number of amides is 1. The largest absolute Gasteiger partial charge is 0.340 e. The summed E-state index contributed by atoms with van der Waals surface area (Å²) in [6.45, 7) is 5.29. The van der Waals surface area contributed by atoms with Crippen molar-refractivity contribution in [2.24, 2.45) is 5.84 Å². The monoisotopic (exact) mass is 185 g/mol. The summed E-state index contributed by atoms with van der Waals surface area (Å²) in [5.74, 6) is 5.88. The lowest BCUT2D eigenvalue weighted by Gasteiger charge is -2.32. The minimum Gasteiger partial charge on any atom is -0.340 e. The number of carbonyl (C=O) groups excluding carboxylic acids is 1. The molecule has 1 aliphatic heterocycles. The SMILES string of the molecule is CCCCC(=O)N1CCN(N)CC1. The first-order valence-electron chi connectivity index (χ1n) is 5.01. The molecular weight excluding hydrogens is 166 g/mol. The number of carbonyl (C=O) groups is 1. The molecule has 0 spiro atoms. The zero-order chi connectivity index (χ0) is 9.68. The summed E-state index contributed by atoms with van der Waals surface area (Å²) in [5, 5.41) is 1.77. The quantitative estimate of drug-likeness (QED) is 0.639. The van der Waals surface area contributed by atoms with Crippen LogP contribution < -0.4 is 5.84 Å². The van der Waals surface area contributed by atoms with Gasteiger partial charge in [-0.15, -0.1) is 0 Å². The fourth-order valence-corrected chi connectivity index (χ4v) is 1.46. The van der Waals surface area contributed by atoms with E-state index in [4.69, 9.17) is 5.84 Å². The summed E-state index contributed by atoms with van der Waals surface area (Å²) in [4.78, 5) is 13.4. The van der Waals surface area contributed by atoms with Gasteiger partial charge in [-0.05, 0) is 6.42 Å². The van der Waals surface area contributed by atoms with E-state index in [9.17, 15) is 4.79 Å². The molecule has 0 bridgehead atoms. The summed E-state index contributed by atoms with van der Waals surface area (Å²) in [5.41, 5.74) is 0. The van der Waals surface area contributed by atoms with Crippen molar-refractivity contribution in [2.45, 2.75) is 26.2 Å². The van der Waals surface area contributed by atoms with Crippen LogP contribution in [0.5, 0.6) is 0 Å². The fraction of sp³-hybridized carbons (Fsp3) is 0.889. The molecule has 1 fully saturated rings. The zero-order valence-corrected chi connectivity index (χ0v) is 8.33. The standard InChI is InChI=1S/C9H19N3O/c1-2-3-4-9(13)11-5-7-12(10)8-6-11/h2-8,10H2,1H3. The van der Waals surface area contributed by atoms with E-state index in [1.165, 1.54) is 0 Å². The molecule has 0 aliphatic carbocycles. The Morgan fingerprint density at radius 2 is 1.92 bits per heavy atom. The molecule has 76 valence electrons. The molecule has 4 nitrogen and oxygen atoms in total. The van der Waals surface area contributed by atoms with Crippen LogP contribution in [0.15, 0.2) is 0 Å². The van der Waals surface area contributed by atoms with E-state index in [0.717, 1.165) is 39.0 Å². The van der Waals surface area contributed by atoms with Crippen molar-refractivity contribution in [3.05, 3.63) is 0 Å². The molecular formula is C9H19N3O. The molecule has 0 aromatic heterocycles. The van der Waals surface area contributed by atoms with Crippen LogP contribution >= 0.6 is 0 Å². The Kier molecular flexibility index (Phi) is 4.18. The Balaban J connectivity index is 2.23. The van der Waals surface area contributed by atoms with Crippen LogP contribution in [-0.4, -0.2) is 42.0 Å². The third kappa shape index (κ3) is 3.32. The second kappa shape index (κ2) is 5.19. The first-order chi connectivity index (χ1) is 6.24. The van der Waals surface area contributed by atoms with Crippen molar-refractivity contribution in [3.8, 4) is 0 Å². The van der Waals surface area contributed by atoms with Crippen molar-refractivity contribution < 1.29 is 4.79 Å². The maximum atomic E-state index is 11.5. The molecule has 1 amide bonds. The number of rotatable bonds is 3. The third-order valence-electron chi connectivity index (χ3n) is 2.41. The fourth-order valence-electron chi connectivity index (χ4n) is 1.46.